The summed E-state index contributed by atoms with van der Waals surface area (Å²) in [6.45, 7) is 3.54. The van der Waals surface area contributed by atoms with Crippen LogP contribution in [0.15, 0.2) is 18.2 Å². The lowest BCUT2D eigenvalue weighted by Crippen LogP contribution is -1.93. The Hall–Kier alpha value is -1.51. The summed E-state index contributed by atoms with van der Waals surface area (Å²) in [7, 11) is 0. The van der Waals surface area contributed by atoms with Crippen molar-refractivity contribution in [2.75, 3.05) is 0 Å². The van der Waals surface area contributed by atoms with Gasteiger partial charge < -0.3 is 0 Å². The van der Waals surface area contributed by atoms with Gasteiger partial charge in [0.2, 0.25) is 0 Å². The van der Waals surface area contributed by atoms with E-state index in [1.54, 1.807) is 19.1 Å². The van der Waals surface area contributed by atoms with Gasteiger partial charge in [0.1, 0.15) is 0 Å². The Kier molecular flexibility index (Phi) is 1.95. The number of aromatic nitrogens is 1. The topological polar surface area (TPSA) is 12.9 Å². The van der Waals surface area contributed by atoms with Gasteiger partial charge in [0.25, 0.3) is 0 Å². The van der Waals surface area contributed by atoms with Crippen LogP contribution in [0.25, 0.3) is 10.9 Å². The molecule has 0 amide bonds. The third kappa shape index (κ3) is 1.25. The molecule has 0 aliphatic rings. The molecule has 0 bridgehead atoms. The van der Waals surface area contributed by atoms with Crippen LogP contribution in [0.5, 0.6) is 0 Å². The average Bonchev–Trinajstić information content (AvgIpc) is 2.14. The minimum Gasteiger partial charge on any atom is -0.253 e. The van der Waals surface area contributed by atoms with E-state index in [2.05, 4.69) is 4.98 Å². The third-order valence-corrected chi connectivity index (χ3v) is 2.20. The highest BCUT2D eigenvalue weighted by Gasteiger charge is 2.10. The quantitative estimate of drug-likeness (QED) is 0.626. The van der Waals surface area contributed by atoms with E-state index < -0.39 is 11.6 Å². The van der Waals surface area contributed by atoms with Crippen molar-refractivity contribution < 1.29 is 8.78 Å². The average molecular weight is 193 g/mol. The van der Waals surface area contributed by atoms with Crippen molar-refractivity contribution in [3.63, 3.8) is 0 Å². The first kappa shape index (κ1) is 9.06. The van der Waals surface area contributed by atoms with Crippen LogP contribution in [0.2, 0.25) is 0 Å². The zero-order valence-corrected chi connectivity index (χ0v) is 7.94. The van der Waals surface area contributed by atoms with Gasteiger partial charge in [-0.2, -0.15) is 0 Å². The molecule has 0 unspecified atom stereocenters. The van der Waals surface area contributed by atoms with Crippen molar-refractivity contribution in [2.45, 2.75) is 13.8 Å². The molecule has 3 heteroatoms. The van der Waals surface area contributed by atoms with Crippen LogP contribution in [-0.2, 0) is 0 Å². The van der Waals surface area contributed by atoms with E-state index in [1.165, 1.54) is 6.07 Å². The van der Waals surface area contributed by atoms with E-state index in [4.69, 9.17) is 0 Å². The smallest absolute Gasteiger partial charge is 0.168 e. The number of aryl methyl sites for hydroxylation is 2. The van der Waals surface area contributed by atoms with Crippen molar-refractivity contribution in [3.8, 4) is 0 Å². The summed E-state index contributed by atoms with van der Waals surface area (Å²) in [5.74, 6) is -1.64. The van der Waals surface area contributed by atoms with Gasteiger partial charge in [-0.05, 0) is 37.6 Å². The van der Waals surface area contributed by atoms with Gasteiger partial charge in [-0.3, -0.25) is 4.98 Å². The largest absolute Gasteiger partial charge is 0.253 e. The van der Waals surface area contributed by atoms with Gasteiger partial charge in [0.05, 0.1) is 5.52 Å². The molecule has 1 nitrogen and oxygen atoms in total. The molecule has 14 heavy (non-hydrogen) atoms. The van der Waals surface area contributed by atoms with Crippen LogP contribution in [-0.4, -0.2) is 4.98 Å². The van der Waals surface area contributed by atoms with Crippen LogP contribution in [0.3, 0.4) is 0 Å². The number of fused-ring (bicyclic) bond motifs is 1. The molecule has 0 aliphatic heterocycles. The first-order chi connectivity index (χ1) is 6.59. The van der Waals surface area contributed by atoms with Gasteiger partial charge in [-0.1, -0.05) is 0 Å². The summed E-state index contributed by atoms with van der Waals surface area (Å²) in [5.41, 5.74) is 1.98. The van der Waals surface area contributed by atoms with Crippen LogP contribution < -0.4 is 0 Å². The van der Waals surface area contributed by atoms with Crippen molar-refractivity contribution in [1.29, 1.82) is 0 Å². The number of pyridine rings is 1. The summed E-state index contributed by atoms with van der Waals surface area (Å²) in [5, 5.41) is 0.244. The lowest BCUT2D eigenvalue weighted by Gasteiger charge is -2.04. The number of rotatable bonds is 0. The summed E-state index contributed by atoms with van der Waals surface area (Å²) < 4.78 is 26.3. The maximum absolute atomic E-state index is 13.3. The van der Waals surface area contributed by atoms with E-state index in [0.29, 0.717) is 11.1 Å². The second kappa shape index (κ2) is 3.01. The monoisotopic (exact) mass is 193 g/mol. The van der Waals surface area contributed by atoms with Crippen molar-refractivity contribution in [1.82, 2.24) is 4.98 Å². The molecule has 0 saturated heterocycles. The molecule has 0 atom stereocenters. The lowest BCUT2D eigenvalue weighted by atomic mass is 10.1. The molecule has 0 saturated carbocycles. The standard InChI is InChI=1S/C11H9F2N/c1-6-5-9(12)10(13)8-4-3-7(2)14-11(6)8/h3-5H,1-2H3. The predicted octanol–water partition coefficient (Wildman–Crippen LogP) is 3.13. The van der Waals surface area contributed by atoms with E-state index in [1.807, 2.05) is 6.92 Å². The first-order valence-corrected chi connectivity index (χ1v) is 4.31. The molecule has 0 fully saturated rings. The molecule has 0 N–H and O–H groups in total. The summed E-state index contributed by atoms with van der Waals surface area (Å²) >= 11 is 0. The highest BCUT2D eigenvalue weighted by Crippen LogP contribution is 2.22. The number of halogens is 2. The van der Waals surface area contributed by atoms with Crippen molar-refractivity contribution in [2.24, 2.45) is 0 Å². The molecule has 0 aliphatic carbocycles. The zero-order chi connectivity index (χ0) is 10.3. The highest BCUT2D eigenvalue weighted by atomic mass is 19.2. The fourth-order valence-electron chi connectivity index (χ4n) is 1.48. The van der Waals surface area contributed by atoms with Crippen molar-refractivity contribution in [3.05, 3.63) is 41.1 Å². The maximum Gasteiger partial charge on any atom is 0.168 e. The Morgan fingerprint density at radius 1 is 1.14 bits per heavy atom. The minimum absolute atomic E-state index is 0.244. The Labute approximate surface area is 80.4 Å². The Morgan fingerprint density at radius 3 is 2.57 bits per heavy atom. The number of hydrogen-bond acceptors (Lipinski definition) is 1. The second-order valence-electron chi connectivity index (χ2n) is 3.34. The Balaban J connectivity index is 2.94. The molecule has 72 valence electrons. The van der Waals surface area contributed by atoms with E-state index in [9.17, 15) is 8.78 Å². The van der Waals surface area contributed by atoms with E-state index >= 15 is 0 Å². The third-order valence-electron chi connectivity index (χ3n) is 2.20. The zero-order valence-electron chi connectivity index (χ0n) is 7.94. The Morgan fingerprint density at radius 2 is 1.86 bits per heavy atom. The van der Waals surface area contributed by atoms with E-state index in [0.717, 1.165) is 5.69 Å². The maximum atomic E-state index is 13.3. The molecule has 2 aromatic rings. The normalized spacial score (nSPS) is 10.9. The molecule has 1 aromatic carbocycles. The molecule has 0 spiro atoms. The van der Waals surface area contributed by atoms with Crippen molar-refractivity contribution >= 4 is 10.9 Å². The van der Waals surface area contributed by atoms with Crippen LogP contribution in [0, 0.1) is 25.5 Å². The fourth-order valence-corrected chi connectivity index (χ4v) is 1.48. The fraction of sp³-hybridized carbons (Fsp3) is 0.182. The van der Waals surface area contributed by atoms with Gasteiger partial charge in [0, 0.05) is 11.1 Å². The summed E-state index contributed by atoms with van der Waals surface area (Å²) in [6.07, 6.45) is 0. The molecular formula is C11H9F2N. The first-order valence-electron chi connectivity index (χ1n) is 4.31. The predicted molar refractivity (Wildman–Crippen MR) is 51.1 cm³/mol. The highest BCUT2D eigenvalue weighted by molar-refractivity contribution is 5.82. The summed E-state index contributed by atoms with van der Waals surface area (Å²) in [4.78, 5) is 4.17. The van der Waals surface area contributed by atoms with Crippen LogP contribution in [0.1, 0.15) is 11.3 Å². The van der Waals surface area contributed by atoms with Gasteiger partial charge in [-0.15, -0.1) is 0 Å². The molecule has 1 aromatic heterocycles. The molecule has 1 heterocycles. The van der Waals surface area contributed by atoms with Crippen LogP contribution in [0.4, 0.5) is 8.78 Å². The van der Waals surface area contributed by atoms with Gasteiger partial charge >= 0.3 is 0 Å². The molecule has 2 rings (SSSR count). The Bertz CT molecular complexity index is 506. The number of nitrogens with zero attached hydrogens (tertiary/aromatic N) is 1. The lowest BCUT2D eigenvalue weighted by molar-refractivity contribution is 0.516. The SMILES string of the molecule is Cc1ccc2c(F)c(F)cc(C)c2n1. The van der Waals surface area contributed by atoms with Gasteiger partial charge in [0.15, 0.2) is 11.6 Å². The molecule has 0 radical (unpaired) electrons. The number of hydrogen-bond donors (Lipinski definition) is 0. The minimum atomic E-state index is -0.821. The van der Waals surface area contributed by atoms with Gasteiger partial charge in [-0.25, -0.2) is 8.78 Å². The summed E-state index contributed by atoms with van der Waals surface area (Å²) in [6, 6.07) is 4.40. The second-order valence-corrected chi connectivity index (χ2v) is 3.34. The van der Waals surface area contributed by atoms with E-state index in [-0.39, 0.29) is 5.39 Å². The molecular weight excluding hydrogens is 184 g/mol. The van der Waals surface area contributed by atoms with Crippen LogP contribution >= 0.6 is 0 Å². The number of benzene rings is 1.